The molecule has 0 spiro atoms. The second-order valence-corrected chi connectivity index (χ2v) is 5.16. The molecule has 19 heavy (non-hydrogen) atoms. The molecular weight excluding hydrogens is 334 g/mol. The third-order valence-corrected chi connectivity index (χ3v) is 3.69. The molecule has 1 aromatic carbocycles. The monoisotopic (exact) mass is 336 g/mol. The summed E-state index contributed by atoms with van der Waals surface area (Å²) >= 11 is 23.3. The Bertz CT molecular complexity index is 653. The summed E-state index contributed by atoms with van der Waals surface area (Å²) in [6.07, 6.45) is 1.31. The van der Waals surface area contributed by atoms with Crippen LogP contribution >= 0.6 is 46.4 Å². The number of halogens is 4. The molecule has 0 atom stereocenters. The van der Waals surface area contributed by atoms with Crippen LogP contribution in [-0.2, 0) is 0 Å². The van der Waals surface area contributed by atoms with E-state index < -0.39 is 4.92 Å². The van der Waals surface area contributed by atoms with E-state index in [1.165, 1.54) is 24.4 Å². The van der Waals surface area contributed by atoms with Gasteiger partial charge < -0.3 is 0 Å². The van der Waals surface area contributed by atoms with Crippen molar-refractivity contribution in [2.24, 2.45) is 0 Å². The molecule has 0 unspecified atom stereocenters. The molecule has 0 bridgehead atoms. The molecule has 1 heterocycles. The maximum atomic E-state index is 11.0. The topological polar surface area (TPSA) is 56.0 Å². The summed E-state index contributed by atoms with van der Waals surface area (Å²) in [6.45, 7) is 0. The average Bonchev–Trinajstić information content (AvgIpc) is 2.35. The third-order valence-electron chi connectivity index (χ3n) is 2.29. The van der Waals surface area contributed by atoms with E-state index in [-0.39, 0.29) is 31.5 Å². The molecule has 0 saturated carbocycles. The molecule has 0 aliphatic rings. The Kier molecular flexibility index (Phi) is 4.16. The number of benzene rings is 1. The number of hydrogen-bond donors (Lipinski definition) is 0. The minimum atomic E-state index is -0.579. The van der Waals surface area contributed by atoms with Crippen molar-refractivity contribution in [1.29, 1.82) is 0 Å². The van der Waals surface area contributed by atoms with Crippen LogP contribution in [0, 0.1) is 10.1 Å². The molecular formula is C11H4Cl4N2O2. The van der Waals surface area contributed by atoms with E-state index in [1.807, 2.05) is 0 Å². The first kappa shape index (κ1) is 14.3. The van der Waals surface area contributed by atoms with Gasteiger partial charge in [0.05, 0.1) is 25.0 Å². The molecule has 0 fully saturated rings. The van der Waals surface area contributed by atoms with Crippen molar-refractivity contribution in [2.45, 2.75) is 0 Å². The Morgan fingerprint density at radius 2 is 1.63 bits per heavy atom. The number of nitrogens with zero attached hydrogens (tertiary/aromatic N) is 2. The summed E-state index contributed by atoms with van der Waals surface area (Å²) in [6, 6.07) is 4.12. The van der Waals surface area contributed by atoms with E-state index in [9.17, 15) is 10.1 Å². The first-order valence-corrected chi connectivity index (χ1v) is 6.36. The van der Waals surface area contributed by atoms with Gasteiger partial charge in [0.1, 0.15) is 5.69 Å². The van der Waals surface area contributed by atoms with Crippen LogP contribution in [0.4, 0.5) is 5.69 Å². The fraction of sp³-hybridized carbons (Fsp3) is 0. The van der Waals surface area contributed by atoms with Crippen molar-refractivity contribution in [2.75, 3.05) is 0 Å². The van der Waals surface area contributed by atoms with Gasteiger partial charge in [0.25, 0.3) is 5.69 Å². The van der Waals surface area contributed by atoms with Gasteiger partial charge in [0, 0.05) is 17.8 Å². The van der Waals surface area contributed by atoms with Crippen LogP contribution in [0.3, 0.4) is 0 Å². The van der Waals surface area contributed by atoms with Gasteiger partial charge in [0.2, 0.25) is 0 Å². The predicted octanol–water partition coefficient (Wildman–Crippen LogP) is 5.27. The van der Waals surface area contributed by atoms with Crippen LogP contribution in [0.25, 0.3) is 11.3 Å². The highest BCUT2D eigenvalue weighted by atomic mass is 35.5. The Balaban J connectivity index is 2.68. The quantitative estimate of drug-likeness (QED) is 0.426. The van der Waals surface area contributed by atoms with Crippen molar-refractivity contribution in [3.05, 3.63) is 54.6 Å². The zero-order chi connectivity index (χ0) is 14.2. The van der Waals surface area contributed by atoms with E-state index in [0.717, 1.165) is 0 Å². The number of aromatic nitrogens is 1. The zero-order valence-electron chi connectivity index (χ0n) is 9.03. The van der Waals surface area contributed by atoms with Gasteiger partial charge in [0.15, 0.2) is 0 Å². The number of rotatable bonds is 2. The first-order valence-electron chi connectivity index (χ1n) is 4.85. The lowest BCUT2D eigenvalue weighted by molar-refractivity contribution is -0.384. The second kappa shape index (κ2) is 5.51. The summed E-state index contributed by atoms with van der Waals surface area (Å²) < 4.78 is 0. The minimum absolute atomic E-state index is 0.120. The van der Waals surface area contributed by atoms with E-state index in [2.05, 4.69) is 4.98 Å². The number of nitro groups is 1. The molecule has 4 nitrogen and oxygen atoms in total. The van der Waals surface area contributed by atoms with Gasteiger partial charge in [-0.05, 0) is 12.1 Å². The minimum Gasteiger partial charge on any atom is -0.258 e. The standard InChI is InChI=1S/C11H4Cl4N2O2/c12-6-3-9(17(18)19)11(16-4-6)5-1-7(13)10(15)8(14)2-5/h1-4H. The molecule has 2 rings (SSSR count). The fourth-order valence-electron chi connectivity index (χ4n) is 1.48. The SMILES string of the molecule is O=[N+]([O-])c1cc(Cl)cnc1-c1cc(Cl)c(Cl)c(Cl)c1. The van der Waals surface area contributed by atoms with Gasteiger partial charge in [-0.2, -0.15) is 0 Å². The maximum absolute atomic E-state index is 11.0. The third kappa shape index (κ3) is 2.92. The van der Waals surface area contributed by atoms with Crippen LogP contribution in [0.1, 0.15) is 0 Å². The largest absolute Gasteiger partial charge is 0.296 e. The van der Waals surface area contributed by atoms with Gasteiger partial charge in [-0.3, -0.25) is 10.1 Å². The molecule has 0 N–H and O–H groups in total. The molecule has 0 aliphatic carbocycles. The van der Waals surface area contributed by atoms with Crippen LogP contribution in [0.2, 0.25) is 20.1 Å². The molecule has 1 aromatic heterocycles. The lowest BCUT2D eigenvalue weighted by Gasteiger charge is -2.06. The van der Waals surface area contributed by atoms with Crippen LogP contribution in [-0.4, -0.2) is 9.91 Å². The van der Waals surface area contributed by atoms with Crippen LogP contribution in [0.5, 0.6) is 0 Å². The summed E-state index contributed by atoms with van der Waals surface area (Å²) in [5, 5.41) is 11.7. The summed E-state index contributed by atoms with van der Waals surface area (Å²) in [4.78, 5) is 14.4. The van der Waals surface area contributed by atoms with Crippen molar-refractivity contribution in [3.8, 4) is 11.3 Å². The Labute approximate surface area is 128 Å². The lowest BCUT2D eigenvalue weighted by atomic mass is 10.1. The van der Waals surface area contributed by atoms with E-state index >= 15 is 0 Å². The van der Waals surface area contributed by atoms with Crippen LogP contribution in [0.15, 0.2) is 24.4 Å². The van der Waals surface area contributed by atoms with Crippen molar-refractivity contribution < 1.29 is 4.92 Å². The van der Waals surface area contributed by atoms with Gasteiger partial charge >= 0.3 is 0 Å². The van der Waals surface area contributed by atoms with Gasteiger partial charge in [-0.15, -0.1) is 0 Å². The zero-order valence-corrected chi connectivity index (χ0v) is 12.1. The van der Waals surface area contributed by atoms with Crippen molar-refractivity contribution in [3.63, 3.8) is 0 Å². The number of pyridine rings is 1. The molecule has 98 valence electrons. The molecule has 0 radical (unpaired) electrons. The summed E-state index contributed by atoms with van der Waals surface area (Å²) in [7, 11) is 0. The predicted molar refractivity (Wildman–Crippen MR) is 76.4 cm³/mol. The van der Waals surface area contributed by atoms with Crippen molar-refractivity contribution >= 4 is 52.1 Å². The Hall–Kier alpha value is -1.07. The Morgan fingerprint density at radius 3 is 2.16 bits per heavy atom. The Morgan fingerprint density at radius 1 is 1.05 bits per heavy atom. The summed E-state index contributed by atoms with van der Waals surface area (Å²) in [5.74, 6) is 0. The smallest absolute Gasteiger partial charge is 0.258 e. The van der Waals surface area contributed by atoms with Crippen LogP contribution < -0.4 is 0 Å². The highest BCUT2D eigenvalue weighted by molar-refractivity contribution is 6.48. The average molecular weight is 338 g/mol. The van der Waals surface area contributed by atoms with E-state index in [1.54, 1.807) is 0 Å². The molecule has 0 aliphatic heterocycles. The molecule has 8 heteroatoms. The van der Waals surface area contributed by atoms with Crippen molar-refractivity contribution in [1.82, 2.24) is 4.98 Å². The van der Waals surface area contributed by atoms with Gasteiger partial charge in [-0.1, -0.05) is 46.4 Å². The molecule has 0 saturated heterocycles. The fourth-order valence-corrected chi connectivity index (χ4v) is 2.23. The highest BCUT2D eigenvalue weighted by Gasteiger charge is 2.19. The first-order chi connectivity index (χ1) is 8.90. The number of hydrogen-bond acceptors (Lipinski definition) is 3. The highest BCUT2D eigenvalue weighted by Crippen LogP contribution is 2.37. The normalized spacial score (nSPS) is 10.5. The maximum Gasteiger partial charge on any atom is 0.296 e. The second-order valence-electron chi connectivity index (χ2n) is 3.53. The van der Waals surface area contributed by atoms with E-state index in [4.69, 9.17) is 46.4 Å². The van der Waals surface area contributed by atoms with Gasteiger partial charge in [-0.25, -0.2) is 4.98 Å². The molecule has 0 amide bonds. The molecule has 2 aromatic rings. The lowest BCUT2D eigenvalue weighted by Crippen LogP contribution is -1.95. The summed E-state index contributed by atoms with van der Waals surface area (Å²) in [5.41, 5.74) is 0.277. The van der Waals surface area contributed by atoms with E-state index in [0.29, 0.717) is 5.56 Å².